The first-order valence-corrected chi connectivity index (χ1v) is 12.1. The van der Waals surface area contributed by atoms with Crippen LogP contribution < -0.4 is 10.2 Å². The SMILES string of the molecule is CCC(C(=O)NC(C)(C)C)N(Cc1ccccc1C)C(=O)CN1C(=O)c2cccc3cccc1c23. The molecule has 0 bridgehead atoms. The Morgan fingerprint density at radius 3 is 2.34 bits per heavy atom. The van der Waals surface area contributed by atoms with Crippen molar-refractivity contribution in [3.8, 4) is 0 Å². The topological polar surface area (TPSA) is 69.7 Å². The largest absolute Gasteiger partial charge is 0.350 e. The van der Waals surface area contributed by atoms with Crippen molar-refractivity contribution < 1.29 is 14.4 Å². The van der Waals surface area contributed by atoms with Gasteiger partial charge < -0.3 is 10.2 Å². The lowest BCUT2D eigenvalue weighted by Gasteiger charge is -2.34. The van der Waals surface area contributed by atoms with E-state index in [1.807, 2.05) is 89.2 Å². The molecule has 1 N–H and O–H groups in total. The molecule has 0 saturated carbocycles. The van der Waals surface area contributed by atoms with Gasteiger partial charge in [-0.3, -0.25) is 19.3 Å². The lowest BCUT2D eigenvalue weighted by atomic mass is 10.0. The number of amides is 3. The highest BCUT2D eigenvalue weighted by Crippen LogP contribution is 2.37. The number of aryl methyl sites for hydroxylation is 1. The van der Waals surface area contributed by atoms with Crippen molar-refractivity contribution in [1.29, 1.82) is 0 Å². The zero-order valence-electron chi connectivity index (χ0n) is 21.1. The Hall–Kier alpha value is -3.67. The molecule has 1 heterocycles. The number of nitrogens with one attached hydrogen (secondary N) is 1. The third-order valence-electron chi connectivity index (χ3n) is 6.43. The van der Waals surface area contributed by atoms with Gasteiger partial charge in [0.05, 0.1) is 5.69 Å². The van der Waals surface area contributed by atoms with Gasteiger partial charge in [-0.15, -0.1) is 0 Å². The Morgan fingerprint density at radius 2 is 1.69 bits per heavy atom. The molecule has 3 aromatic carbocycles. The first-order valence-electron chi connectivity index (χ1n) is 12.1. The van der Waals surface area contributed by atoms with Crippen molar-refractivity contribution >= 4 is 34.2 Å². The molecule has 0 spiro atoms. The second kappa shape index (κ2) is 9.53. The quantitative estimate of drug-likeness (QED) is 0.537. The number of hydrogen-bond donors (Lipinski definition) is 1. The molecule has 0 aromatic heterocycles. The lowest BCUT2D eigenvalue weighted by molar-refractivity contribution is -0.141. The third-order valence-corrected chi connectivity index (χ3v) is 6.43. The maximum atomic E-state index is 13.9. The van der Waals surface area contributed by atoms with Crippen molar-refractivity contribution in [2.45, 2.75) is 59.2 Å². The van der Waals surface area contributed by atoms with Crippen LogP contribution in [0.25, 0.3) is 10.8 Å². The van der Waals surface area contributed by atoms with Gasteiger partial charge in [0.25, 0.3) is 5.91 Å². The monoisotopic (exact) mass is 471 g/mol. The van der Waals surface area contributed by atoms with Gasteiger partial charge in [-0.1, -0.05) is 55.5 Å². The van der Waals surface area contributed by atoms with Gasteiger partial charge in [-0.25, -0.2) is 0 Å². The summed E-state index contributed by atoms with van der Waals surface area (Å²) in [6.45, 7) is 9.83. The summed E-state index contributed by atoms with van der Waals surface area (Å²) < 4.78 is 0. The zero-order valence-corrected chi connectivity index (χ0v) is 21.1. The molecule has 3 aromatic rings. The average molecular weight is 472 g/mol. The number of carbonyl (C=O) groups is 3. The summed E-state index contributed by atoms with van der Waals surface area (Å²) in [5.41, 5.74) is 2.93. The molecule has 1 unspecified atom stereocenters. The minimum absolute atomic E-state index is 0.127. The highest BCUT2D eigenvalue weighted by Gasteiger charge is 2.35. The summed E-state index contributed by atoms with van der Waals surface area (Å²) in [4.78, 5) is 43.6. The number of hydrogen-bond acceptors (Lipinski definition) is 3. The van der Waals surface area contributed by atoms with Gasteiger partial charge >= 0.3 is 0 Å². The molecule has 3 amide bonds. The van der Waals surface area contributed by atoms with Crippen molar-refractivity contribution in [3.63, 3.8) is 0 Å². The highest BCUT2D eigenvalue weighted by atomic mass is 16.2. The predicted molar refractivity (Wildman–Crippen MR) is 139 cm³/mol. The Kier molecular flexibility index (Phi) is 6.66. The predicted octanol–water partition coefficient (Wildman–Crippen LogP) is 4.83. The van der Waals surface area contributed by atoms with Crippen molar-refractivity contribution in [1.82, 2.24) is 10.2 Å². The fraction of sp³-hybridized carbons (Fsp3) is 0.345. The molecular weight excluding hydrogens is 438 g/mol. The molecule has 182 valence electrons. The smallest absolute Gasteiger partial charge is 0.259 e. The van der Waals surface area contributed by atoms with Crippen LogP contribution in [0, 0.1) is 6.92 Å². The van der Waals surface area contributed by atoms with Crippen LogP contribution in [0.4, 0.5) is 5.69 Å². The molecule has 35 heavy (non-hydrogen) atoms. The number of nitrogens with zero attached hydrogens (tertiary/aromatic N) is 2. The number of carbonyl (C=O) groups excluding carboxylic acids is 3. The molecule has 0 aliphatic carbocycles. The third kappa shape index (κ3) is 4.92. The van der Waals surface area contributed by atoms with E-state index < -0.39 is 11.6 Å². The molecular formula is C29H33N3O3. The van der Waals surface area contributed by atoms with E-state index in [0.717, 1.165) is 27.6 Å². The van der Waals surface area contributed by atoms with E-state index in [2.05, 4.69) is 5.32 Å². The van der Waals surface area contributed by atoms with Crippen LogP contribution >= 0.6 is 0 Å². The van der Waals surface area contributed by atoms with Crippen molar-refractivity contribution in [2.24, 2.45) is 0 Å². The van der Waals surface area contributed by atoms with E-state index in [9.17, 15) is 14.4 Å². The molecule has 0 radical (unpaired) electrons. The molecule has 1 atom stereocenters. The number of anilines is 1. The number of rotatable bonds is 7. The Labute approximate surface area is 206 Å². The molecule has 6 nitrogen and oxygen atoms in total. The summed E-state index contributed by atoms with van der Waals surface area (Å²) in [5.74, 6) is -0.643. The second-order valence-corrected chi connectivity index (χ2v) is 10.2. The summed E-state index contributed by atoms with van der Waals surface area (Å²) in [6.07, 6.45) is 0.462. The summed E-state index contributed by atoms with van der Waals surface area (Å²) in [6, 6.07) is 18.6. The van der Waals surface area contributed by atoms with Crippen LogP contribution in [0.5, 0.6) is 0 Å². The van der Waals surface area contributed by atoms with Crippen LogP contribution in [-0.4, -0.2) is 40.7 Å². The van der Waals surface area contributed by atoms with Crippen LogP contribution in [0.1, 0.15) is 55.6 Å². The fourth-order valence-electron chi connectivity index (χ4n) is 4.71. The standard InChI is InChI=1S/C29H33N3O3/c1-6-23(27(34)30-29(3,4)5)31(17-21-12-8-7-11-19(21)2)25(33)18-32-24-16-10-14-20-13-9-15-22(26(20)24)28(32)35/h7-16,23H,6,17-18H2,1-5H3,(H,30,34). The van der Waals surface area contributed by atoms with Crippen LogP contribution in [0.3, 0.4) is 0 Å². The molecule has 4 rings (SSSR count). The van der Waals surface area contributed by atoms with Crippen LogP contribution in [0.15, 0.2) is 60.7 Å². The van der Waals surface area contributed by atoms with E-state index >= 15 is 0 Å². The molecule has 1 aliphatic heterocycles. The summed E-state index contributed by atoms with van der Waals surface area (Å²) in [5, 5.41) is 4.86. The van der Waals surface area contributed by atoms with Gasteiger partial charge in [0.2, 0.25) is 11.8 Å². The van der Waals surface area contributed by atoms with Gasteiger partial charge in [-0.2, -0.15) is 0 Å². The van der Waals surface area contributed by atoms with Crippen LogP contribution in [0.2, 0.25) is 0 Å². The number of benzene rings is 3. The molecule has 0 fully saturated rings. The second-order valence-electron chi connectivity index (χ2n) is 10.2. The minimum Gasteiger partial charge on any atom is -0.350 e. The maximum Gasteiger partial charge on any atom is 0.259 e. The van der Waals surface area contributed by atoms with Crippen molar-refractivity contribution in [2.75, 3.05) is 11.4 Å². The molecule has 6 heteroatoms. The average Bonchev–Trinajstić information content (AvgIpc) is 3.07. The summed E-state index contributed by atoms with van der Waals surface area (Å²) >= 11 is 0. The Balaban J connectivity index is 1.67. The van der Waals surface area contributed by atoms with E-state index in [4.69, 9.17) is 0 Å². The van der Waals surface area contributed by atoms with E-state index in [1.54, 1.807) is 15.9 Å². The highest BCUT2D eigenvalue weighted by molar-refractivity contribution is 6.26. The summed E-state index contributed by atoms with van der Waals surface area (Å²) in [7, 11) is 0. The zero-order chi connectivity index (χ0) is 25.3. The van der Waals surface area contributed by atoms with Crippen LogP contribution in [-0.2, 0) is 16.1 Å². The fourth-order valence-corrected chi connectivity index (χ4v) is 4.71. The van der Waals surface area contributed by atoms with Crippen molar-refractivity contribution in [3.05, 3.63) is 77.4 Å². The van der Waals surface area contributed by atoms with Gasteiger partial charge in [0.1, 0.15) is 12.6 Å². The first kappa shape index (κ1) is 24.5. The van der Waals surface area contributed by atoms with Gasteiger partial charge in [0.15, 0.2) is 0 Å². The van der Waals surface area contributed by atoms with E-state index in [0.29, 0.717) is 18.5 Å². The van der Waals surface area contributed by atoms with E-state index in [1.165, 1.54) is 0 Å². The normalized spacial score (nSPS) is 13.7. The molecule has 0 saturated heterocycles. The molecule has 1 aliphatic rings. The Bertz CT molecular complexity index is 1290. The maximum absolute atomic E-state index is 13.9. The first-order chi connectivity index (χ1) is 16.6. The lowest BCUT2D eigenvalue weighted by Crippen LogP contribution is -2.55. The van der Waals surface area contributed by atoms with E-state index in [-0.39, 0.29) is 24.3 Å². The van der Waals surface area contributed by atoms with Gasteiger partial charge in [-0.05, 0) is 62.8 Å². The minimum atomic E-state index is -0.655. The Morgan fingerprint density at radius 1 is 1.00 bits per heavy atom. The van der Waals surface area contributed by atoms with Gasteiger partial charge in [0, 0.05) is 23.0 Å².